The van der Waals surface area contributed by atoms with Crippen LogP contribution in [0.5, 0.6) is 0 Å². The lowest BCUT2D eigenvalue weighted by Gasteiger charge is -2.17. The van der Waals surface area contributed by atoms with Crippen molar-refractivity contribution >= 4 is 36.9 Å². The molecule has 35 heavy (non-hydrogen) atoms. The fourth-order valence-electron chi connectivity index (χ4n) is 4.15. The Bertz CT molecular complexity index is 1330. The Morgan fingerprint density at radius 3 is 1.63 bits per heavy atom. The molecule has 0 unspecified atom stereocenters. The van der Waals surface area contributed by atoms with Gasteiger partial charge in [0.05, 0.1) is 12.7 Å². The Kier molecular flexibility index (Phi) is 7.67. The number of halogens is 4. The lowest BCUT2D eigenvalue weighted by Crippen LogP contribution is -2.40. The fourth-order valence-corrected chi connectivity index (χ4v) is 6.72. The second-order valence-electron chi connectivity index (χ2n) is 7.71. The van der Waals surface area contributed by atoms with Crippen molar-refractivity contribution in [3.05, 3.63) is 115 Å². The Hall–Kier alpha value is -3.44. The Balaban J connectivity index is 0.000000527. The molecule has 0 spiro atoms. The van der Waals surface area contributed by atoms with Gasteiger partial charge in [-0.25, -0.2) is 4.57 Å². The first-order chi connectivity index (χ1) is 16.9. The van der Waals surface area contributed by atoms with Gasteiger partial charge in [-0.15, -0.1) is 0 Å². The predicted molar refractivity (Wildman–Crippen MR) is 138 cm³/mol. The molecule has 0 bridgehead atoms. The third kappa shape index (κ3) is 5.80. The zero-order chi connectivity index (χ0) is 24.8. The average molecular weight is 494 g/mol. The van der Waals surface area contributed by atoms with Crippen molar-refractivity contribution in [1.82, 2.24) is 4.57 Å². The van der Waals surface area contributed by atoms with Gasteiger partial charge in [0, 0.05) is 19.6 Å². The van der Waals surface area contributed by atoms with Crippen LogP contribution in [0.4, 0.5) is 17.3 Å². The first-order valence-corrected chi connectivity index (χ1v) is 12.6. The summed E-state index contributed by atoms with van der Waals surface area (Å²) in [4.78, 5) is 0. The van der Waals surface area contributed by atoms with Gasteiger partial charge in [0.1, 0.15) is 0 Å². The highest BCUT2D eigenvalue weighted by Crippen LogP contribution is 2.36. The van der Waals surface area contributed by atoms with E-state index in [9.17, 15) is 17.3 Å². The number of aryl methyl sites for hydroxylation is 1. The second kappa shape index (κ2) is 10.9. The first-order valence-electron chi connectivity index (χ1n) is 11.2. The quantitative estimate of drug-likeness (QED) is 0.123. The monoisotopic (exact) mass is 494 g/mol. The summed E-state index contributed by atoms with van der Waals surface area (Å²) in [7, 11) is -6.73. The molecule has 0 aliphatic carbocycles. The molecule has 5 aromatic rings. The molecule has 0 aliphatic rings. The summed E-state index contributed by atoms with van der Waals surface area (Å²) in [6.07, 6.45) is 2.21. The van der Waals surface area contributed by atoms with E-state index in [1.807, 2.05) is 0 Å². The third-order valence-electron chi connectivity index (χ3n) is 5.43. The Morgan fingerprint density at radius 2 is 1.14 bits per heavy atom. The van der Waals surface area contributed by atoms with Gasteiger partial charge in [0.15, 0.2) is 11.1 Å². The van der Waals surface area contributed by atoms with Crippen LogP contribution in [0.1, 0.15) is 6.92 Å². The lowest BCUT2D eigenvalue weighted by atomic mass is 10.2. The van der Waals surface area contributed by atoms with Crippen molar-refractivity contribution < 1.29 is 21.7 Å². The molecule has 0 aliphatic heterocycles. The Labute approximate surface area is 203 Å². The van der Waals surface area contributed by atoms with E-state index in [1.165, 1.54) is 32.9 Å². The van der Waals surface area contributed by atoms with Crippen molar-refractivity contribution in [3.63, 3.8) is 0 Å². The van der Waals surface area contributed by atoms with Crippen LogP contribution in [-0.4, -0.2) is 11.8 Å². The third-order valence-corrected chi connectivity index (χ3v) is 7.91. The van der Waals surface area contributed by atoms with E-state index in [1.54, 1.807) is 0 Å². The van der Waals surface area contributed by atoms with E-state index >= 15 is 0 Å². The predicted octanol–water partition coefficient (Wildman–Crippen LogP) is 5.97. The standard InChI is InChI=1S/C27H24N2P.BF4/c1-2-28-25-20-12-13-21-29(25)27(26(28)22-14-6-3-7-15-22)30(23-16-8-4-9-17-23)24-18-10-5-11-19-24;2-1(3,4)5/h3-21H,2H2,1H3;/q+1;-1. The molecule has 0 radical (unpaired) electrons. The van der Waals surface area contributed by atoms with Gasteiger partial charge in [0.2, 0.25) is 0 Å². The molecule has 8 heteroatoms. The maximum atomic E-state index is 9.75. The summed E-state index contributed by atoms with van der Waals surface area (Å²) in [6.45, 7) is 3.15. The summed E-state index contributed by atoms with van der Waals surface area (Å²) in [6, 6.07) is 39.2. The maximum absolute atomic E-state index is 9.75. The summed E-state index contributed by atoms with van der Waals surface area (Å²) in [5, 5.41) is 2.73. The molecule has 3 aromatic carbocycles. The van der Waals surface area contributed by atoms with Gasteiger partial charge in [-0.05, 0) is 23.6 Å². The highest BCUT2D eigenvalue weighted by Gasteiger charge is 2.33. The highest BCUT2D eigenvalue weighted by molar-refractivity contribution is 7.79. The minimum atomic E-state index is -6.00. The first kappa shape index (κ1) is 24.7. The molecule has 5 rings (SSSR count). The number of aromatic nitrogens is 2. The smallest absolute Gasteiger partial charge is 0.418 e. The van der Waals surface area contributed by atoms with Crippen molar-refractivity contribution in [2.45, 2.75) is 13.5 Å². The molecule has 0 fully saturated rings. The normalized spacial score (nSPS) is 11.4. The Morgan fingerprint density at radius 1 is 0.686 bits per heavy atom. The van der Waals surface area contributed by atoms with Crippen molar-refractivity contribution in [2.75, 3.05) is 0 Å². The number of fused-ring (bicyclic) bond motifs is 1. The second-order valence-corrected chi connectivity index (χ2v) is 9.84. The zero-order valence-corrected chi connectivity index (χ0v) is 20.0. The van der Waals surface area contributed by atoms with Crippen LogP contribution in [0, 0.1) is 0 Å². The molecule has 2 nitrogen and oxygen atoms in total. The van der Waals surface area contributed by atoms with Crippen LogP contribution in [0.25, 0.3) is 16.9 Å². The van der Waals surface area contributed by atoms with Gasteiger partial charge in [-0.1, -0.05) is 97.1 Å². The fraction of sp³-hybridized carbons (Fsp3) is 0.0741. The summed E-state index contributed by atoms with van der Waals surface area (Å²) >= 11 is 0. The summed E-state index contributed by atoms with van der Waals surface area (Å²) in [5.74, 6) is 0. The minimum Gasteiger partial charge on any atom is -0.418 e. The number of nitrogens with zero attached hydrogens (tertiary/aromatic N) is 2. The van der Waals surface area contributed by atoms with Crippen LogP contribution in [0.2, 0.25) is 0 Å². The van der Waals surface area contributed by atoms with E-state index in [4.69, 9.17) is 0 Å². The van der Waals surface area contributed by atoms with Crippen LogP contribution < -0.4 is 20.4 Å². The number of hydrogen-bond acceptors (Lipinski definition) is 0. The van der Waals surface area contributed by atoms with Crippen molar-refractivity contribution in [2.24, 2.45) is 0 Å². The number of benzene rings is 3. The van der Waals surface area contributed by atoms with E-state index in [2.05, 4.69) is 131 Å². The molecular formula is C27H24BF4N2P. The van der Waals surface area contributed by atoms with Gasteiger partial charge in [-0.2, -0.15) is 4.40 Å². The van der Waals surface area contributed by atoms with Gasteiger partial charge < -0.3 is 17.3 Å². The minimum absolute atomic E-state index is 0.733. The van der Waals surface area contributed by atoms with E-state index in [-0.39, 0.29) is 0 Å². The molecular weight excluding hydrogens is 470 g/mol. The number of imidazole rings is 1. The lowest BCUT2D eigenvalue weighted by molar-refractivity contribution is -0.490. The van der Waals surface area contributed by atoms with Crippen molar-refractivity contribution in [1.29, 1.82) is 0 Å². The average Bonchev–Trinajstić information content (AvgIpc) is 3.19. The molecule has 2 heterocycles. The molecule has 0 saturated heterocycles. The zero-order valence-electron chi connectivity index (χ0n) is 19.1. The van der Waals surface area contributed by atoms with Gasteiger partial charge in [-0.3, -0.25) is 0 Å². The summed E-state index contributed by atoms with van der Waals surface area (Å²) in [5.41, 5.74) is 5.17. The van der Waals surface area contributed by atoms with Crippen LogP contribution in [-0.2, 0) is 6.54 Å². The molecule has 178 valence electrons. The van der Waals surface area contributed by atoms with Crippen molar-refractivity contribution in [3.8, 4) is 11.3 Å². The topological polar surface area (TPSA) is 9.03 Å². The molecule has 0 N–H and O–H groups in total. The van der Waals surface area contributed by atoms with Crippen LogP contribution >= 0.6 is 7.92 Å². The molecule has 0 amide bonds. The number of pyridine rings is 1. The van der Waals surface area contributed by atoms with Crippen LogP contribution in [0.15, 0.2) is 115 Å². The SMILES string of the molecule is CCn1c(-c2ccccc2)c(P(c2ccccc2)c2ccccc2)[n+]2ccccc12.F[B-](F)(F)F. The van der Waals surface area contributed by atoms with E-state index in [0.29, 0.717) is 0 Å². The maximum Gasteiger partial charge on any atom is 0.673 e. The van der Waals surface area contributed by atoms with Gasteiger partial charge in [0.25, 0.3) is 5.65 Å². The van der Waals surface area contributed by atoms with E-state index < -0.39 is 15.2 Å². The largest absolute Gasteiger partial charge is 0.673 e. The van der Waals surface area contributed by atoms with Gasteiger partial charge >= 0.3 is 7.25 Å². The summed E-state index contributed by atoms with van der Waals surface area (Å²) < 4.78 is 43.9. The molecule has 0 saturated carbocycles. The number of hydrogen-bond donors (Lipinski definition) is 0. The van der Waals surface area contributed by atoms with E-state index in [0.717, 1.165) is 6.54 Å². The molecule has 2 aromatic heterocycles. The van der Waals surface area contributed by atoms with Crippen LogP contribution in [0.3, 0.4) is 0 Å². The number of rotatable bonds is 5. The highest BCUT2D eigenvalue weighted by atomic mass is 31.1. The molecule has 0 atom stereocenters.